The van der Waals surface area contributed by atoms with E-state index in [9.17, 15) is 10.1 Å². The standard InChI is InChI=1S/C13H20N2O4/c1-3-14-13-11(10-19-9-5-8-18-2)6-4-7-12(13)15(16)17/h4,6-7,14H,3,5,8-10H2,1-2H3. The summed E-state index contributed by atoms with van der Waals surface area (Å²) in [6.07, 6.45) is 0.808. The molecule has 0 aliphatic rings. The molecule has 0 heterocycles. The van der Waals surface area contributed by atoms with Gasteiger partial charge in [0.15, 0.2) is 0 Å². The van der Waals surface area contributed by atoms with Crippen LogP contribution in [0.1, 0.15) is 18.9 Å². The van der Waals surface area contributed by atoms with Crippen LogP contribution >= 0.6 is 0 Å². The highest BCUT2D eigenvalue weighted by atomic mass is 16.6. The van der Waals surface area contributed by atoms with Gasteiger partial charge in [0.25, 0.3) is 5.69 Å². The summed E-state index contributed by atoms with van der Waals surface area (Å²) < 4.78 is 10.4. The summed E-state index contributed by atoms with van der Waals surface area (Å²) in [5.41, 5.74) is 1.43. The van der Waals surface area contributed by atoms with Gasteiger partial charge in [0.05, 0.1) is 11.5 Å². The smallest absolute Gasteiger partial charge is 0.292 e. The van der Waals surface area contributed by atoms with Crippen molar-refractivity contribution < 1.29 is 14.4 Å². The molecule has 106 valence electrons. The third kappa shape index (κ3) is 4.84. The van der Waals surface area contributed by atoms with Crippen molar-refractivity contribution in [3.8, 4) is 0 Å². The zero-order valence-corrected chi connectivity index (χ0v) is 11.3. The predicted molar refractivity (Wildman–Crippen MR) is 73.4 cm³/mol. The van der Waals surface area contributed by atoms with Gasteiger partial charge in [-0.25, -0.2) is 0 Å². The first-order valence-corrected chi connectivity index (χ1v) is 6.27. The van der Waals surface area contributed by atoms with Gasteiger partial charge in [-0.05, 0) is 13.3 Å². The molecule has 6 heteroatoms. The average molecular weight is 268 g/mol. The van der Waals surface area contributed by atoms with E-state index < -0.39 is 0 Å². The number of nitro groups is 1. The molecule has 0 saturated heterocycles. The van der Waals surface area contributed by atoms with E-state index in [1.807, 2.05) is 13.0 Å². The molecule has 19 heavy (non-hydrogen) atoms. The first-order chi connectivity index (χ1) is 9.20. The van der Waals surface area contributed by atoms with E-state index in [1.54, 1.807) is 13.2 Å². The maximum absolute atomic E-state index is 11.0. The number of para-hydroxylation sites is 1. The summed E-state index contributed by atoms with van der Waals surface area (Å²) in [6.45, 7) is 4.10. The molecule has 0 fully saturated rings. The van der Waals surface area contributed by atoms with Crippen LogP contribution in [0.2, 0.25) is 0 Å². The zero-order valence-electron chi connectivity index (χ0n) is 11.3. The van der Waals surface area contributed by atoms with Gasteiger partial charge >= 0.3 is 0 Å². The Labute approximate surface area is 112 Å². The molecule has 0 atom stereocenters. The van der Waals surface area contributed by atoms with Crippen LogP contribution in [0.4, 0.5) is 11.4 Å². The summed E-state index contributed by atoms with van der Waals surface area (Å²) in [4.78, 5) is 10.6. The van der Waals surface area contributed by atoms with Gasteiger partial charge < -0.3 is 14.8 Å². The number of anilines is 1. The lowest BCUT2D eigenvalue weighted by Crippen LogP contribution is -2.06. The minimum Gasteiger partial charge on any atom is -0.385 e. The van der Waals surface area contributed by atoms with Crippen LogP contribution in [0.5, 0.6) is 0 Å². The summed E-state index contributed by atoms with van der Waals surface area (Å²) in [5.74, 6) is 0. The molecule has 0 unspecified atom stereocenters. The third-order valence-corrected chi connectivity index (χ3v) is 2.57. The fraction of sp³-hybridized carbons (Fsp3) is 0.538. The van der Waals surface area contributed by atoms with Crippen molar-refractivity contribution >= 4 is 11.4 Å². The number of hydrogen-bond acceptors (Lipinski definition) is 5. The van der Waals surface area contributed by atoms with E-state index >= 15 is 0 Å². The first-order valence-electron chi connectivity index (χ1n) is 6.27. The molecular weight excluding hydrogens is 248 g/mol. The van der Waals surface area contributed by atoms with Crippen molar-refractivity contribution in [3.63, 3.8) is 0 Å². The van der Waals surface area contributed by atoms with Crippen LogP contribution in [-0.2, 0) is 16.1 Å². The normalized spacial score (nSPS) is 10.4. The van der Waals surface area contributed by atoms with E-state index in [2.05, 4.69) is 5.32 Å². The van der Waals surface area contributed by atoms with Gasteiger partial charge in [0.2, 0.25) is 0 Å². The molecule has 0 aliphatic heterocycles. The number of rotatable bonds is 9. The second kappa shape index (κ2) is 8.44. The Hall–Kier alpha value is -1.66. The number of ether oxygens (including phenoxy) is 2. The van der Waals surface area contributed by atoms with Gasteiger partial charge in [0, 0.05) is 38.5 Å². The van der Waals surface area contributed by atoms with Gasteiger partial charge in [-0.15, -0.1) is 0 Å². The van der Waals surface area contributed by atoms with E-state index in [0.29, 0.717) is 32.1 Å². The van der Waals surface area contributed by atoms with Crippen molar-refractivity contribution in [2.45, 2.75) is 20.0 Å². The van der Waals surface area contributed by atoms with Gasteiger partial charge in [-0.2, -0.15) is 0 Å². The number of nitrogens with one attached hydrogen (secondary N) is 1. The highest BCUT2D eigenvalue weighted by Gasteiger charge is 2.16. The maximum Gasteiger partial charge on any atom is 0.292 e. The van der Waals surface area contributed by atoms with E-state index in [0.717, 1.165) is 12.0 Å². The molecule has 6 nitrogen and oxygen atoms in total. The van der Waals surface area contributed by atoms with Crippen molar-refractivity contribution in [1.82, 2.24) is 0 Å². The Morgan fingerprint density at radius 3 is 2.79 bits per heavy atom. The van der Waals surface area contributed by atoms with Crippen LogP contribution in [-0.4, -0.2) is 31.8 Å². The van der Waals surface area contributed by atoms with E-state index in [1.165, 1.54) is 6.07 Å². The number of methoxy groups -OCH3 is 1. The number of hydrogen-bond donors (Lipinski definition) is 1. The Morgan fingerprint density at radius 1 is 1.37 bits per heavy atom. The second-order valence-corrected chi connectivity index (χ2v) is 4.00. The fourth-order valence-corrected chi connectivity index (χ4v) is 1.73. The topological polar surface area (TPSA) is 73.6 Å². The van der Waals surface area contributed by atoms with Crippen LogP contribution < -0.4 is 5.32 Å². The number of nitro benzene ring substituents is 1. The molecule has 1 N–H and O–H groups in total. The van der Waals surface area contributed by atoms with Crippen molar-refractivity contribution in [2.75, 3.05) is 32.2 Å². The Balaban J connectivity index is 2.70. The Kier molecular flexibility index (Phi) is 6.84. The summed E-state index contributed by atoms with van der Waals surface area (Å²) in [7, 11) is 1.64. The molecule has 1 aromatic carbocycles. The van der Waals surface area contributed by atoms with E-state index in [4.69, 9.17) is 9.47 Å². The third-order valence-electron chi connectivity index (χ3n) is 2.57. The molecule has 1 aromatic rings. The molecule has 0 spiro atoms. The van der Waals surface area contributed by atoms with Crippen LogP contribution in [0.15, 0.2) is 18.2 Å². The molecule has 0 saturated carbocycles. The lowest BCUT2D eigenvalue weighted by Gasteiger charge is -2.11. The molecule has 0 radical (unpaired) electrons. The second-order valence-electron chi connectivity index (χ2n) is 4.00. The fourth-order valence-electron chi connectivity index (χ4n) is 1.73. The first kappa shape index (κ1) is 15.4. The Bertz CT molecular complexity index is 410. The van der Waals surface area contributed by atoms with E-state index in [-0.39, 0.29) is 10.6 Å². The molecule has 1 rings (SSSR count). The lowest BCUT2D eigenvalue weighted by atomic mass is 10.1. The summed E-state index contributed by atoms with van der Waals surface area (Å²) in [5, 5.41) is 14.0. The predicted octanol–water partition coefficient (Wildman–Crippen LogP) is 2.58. The molecule has 0 aliphatic carbocycles. The van der Waals surface area contributed by atoms with Crippen LogP contribution in [0.3, 0.4) is 0 Å². The minimum atomic E-state index is -0.383. The SMILES string of the molecule is CCNc1c(COCCCOC)cccc1[N+](=O)[O-]. The maximum atomic E-state index is 11.0. The average Bonchev–Trinajstić information content (AvgIpc) is 2.40. The van der Waals surface area contributed by atoms with Crippen LogP contribution in [0.25, 0.3) is 0 Å². The van der Waals surface area contributed by atoms with Crippen molar-refractivity contribution in [1.29, 1.82) is 0 Å². The highest BCUT2D eigenvalue weighted by molar-refractivity contribution is 5.66. The zero-order chi connectivity index (χ0) is 14.1. The minimum absolute atomic E-state index is 0.0832. The molecule has 0 bridgehead atoms. The van der Waals surface area contributed by atoms with Crippen LogP contribution in [0, 0.1) is 10.1 Å². The molecule has 0 amide bonds. The quantitative estimate of drug-likeness (QED) is 0.423. The largest absolute Gasteiger partial charge is 0.385 e. The van der Waals surface area contributed by atoms with Gasteiger partial charge in [-0.1, -0.05) is 12.1 Å². The van der Waals surface area contributed by atoms with Crippen molar-refractivity contribution in [2.24, 2.45) is 0 Å². The van der Waals surface area contributed by atoms with Gasteiger partial charge in [0.1, 0.15) is 5.69 Å². The molecule has 0 aromatic heterocycles. The Morgan fingerprint density at radius 2 is 2.16 bits per heavy atom. The van der Waals surface area contributed by atoms with Crippen molar-refractivity contribution in [3.05, 3.63) is 33.9 Å². The monoisotopic (exact) mass is 268 g/mol. The molecular formula is C13H20N2O4. The summed E-state index contributed by atoms with van der Waals surface area (Å²) >= 11 is 0. The summed E-state index contributed by atoms with van der Waals surface area (Å²) in [6, 6.07) is 5.00. The lowest BCUT2D eigenvalue weighted by molar-refractivity contribution is -0.384. The number of nitrogens with zero attached hydrogens (tertiary/aromatic N) is 1. The van der Waals surface area contributed by atoms with Gasteiger partial charge in [-0.3, -0.25) is 10.1 Å². The number of benzene rings is 1. The highest BCUT2D eigenvalue weighted by Crippen LogP contribution is 2.28.